The van der Waals surface area contributed by atoms with Gasteiger partial charge in [0.1, 0.15) is 19.0 Å². The summed E-state index contributed by atoms with van der Waals surface area (Å²) in [5, 5.41) is 0. The molecule has 1 saturated heterocycles. The monoisotopic (exact) mass is 675 g/mol. The fourth-order valence-electron chi connectivity index (χ4n) is 6.68. The maximum Gasteiger partial charge on any atom is 0.410 e. The zero-order chi connectivity index (χ0) is 34.4. The maximum atomic E-state index is 13.4. The minimum absolute atomic E-state index is 0.0115. The van der Waals surface area contributed by atoms with Crippen LogP contribution in [0.4, 0.5) is 10.5 Å². The highest BCUT2D eigenvalue weighted by atomic mass is 16.6. The van der Waals surface area contributed by atoms with Gasteiger partial charge in [-0.3, -0.25) is 0 Å². The Morgan fingerprint density at radius 1 is 0.980 bits per heavy atom. The first-order valence-electron chi connectivity index (χ1n) is 17.5. The number of carbonyl (C=O) groups is 1. The highest BCUT2D eigenvalue weighted by molar-refractivity contribution is 5.68. The molecule has 3 aromatic rings. The van der Waals surface area contributed by atoms with Gasteiger partial charge in [0.2, 0.25) is 0 Å². The lowest BCUT2D eigenvalue weighted by molar-refractivity contribution is -0.0422. The first-order chi connectivity index (χ1) is 24.0. The molecule has 2 aliphatic heterocycles. The number of fused-ring (bicyclic) bond motifs is 1. The van der Waals surface area contributed by atoms with E-state index in [2.05, 4.69) is 41.3 Å². The van der Waals surface area contributed by atoms with E-state index < -0.39 is 0 Å². The number of benzene rings is 3. The second-order valence-corrected chi connectivity index (χ2v) is 12.8. The molecule has 2 N–H and O–H groups in total. The Hall–Kier alpha value is -3.67. The Bertz CT molecular complexity index is 1420. The topological polar surface area (TPSA) is 105 Å². The van der Waals surface area contributed by atoms with Crippen molar-refractivity contribution in [1.82, 2.24) is 4.90 Å². The van der Waals surface area contributed by atoms with Crippen LogP contribution in [0.5, 0.6) is 5.75 Å². The number of methoxy groups -OCH3 is 1. The van der Waals surface area contributed by atoms with Crippen LogP contribution in [0.15, 0.2) is 72.8 Å². The summed E-state index contributed by atoms with van der Waals surface area (Å²) in [6.07, 6.45) is 0.332. The van der Waals surface area contributed by atoms with E-state index in [1.807, 2.05) is 50.2 Å². The van der Waals surface area contributed by atoms with Crippen LogP contribution in [-0.2, 0) is 43.5 Å². The molecule has 10 heteroatoms. The summed E-state index contributed by atoms with van der Waals surface area (Å²) in [6.45, 7) is 10.7. The number of hydrogen-bond acceptors (Lipinski definition) is 9. The summed E-state index contributed by atoms with van der Waals surface area (Å²) in [6, 6.07) is 24.5. The van der Waals surface area contributed by atoms with E-state index in [9.17, 15) is 4.79 Å². The third-order valence-electron chi connectivity index (χ3n) is 9.19. The second-order valence-electron chi connectivity index (χ2n) is 12.8. The number of piperidine rings is 1. The Morgan fingerprint density at radius 3 is 2.51 bits per heavy atom. The number of nitrogens with zero attached hydrogens (tertiary/aromatic N) is 2. The maximum absolute atomic E-state index is 13.4. The molecular formula is C39H53N3O7. The van der Waals surface area contributed by atoms with Crippen LogP contribution in [0.2, 0.25) is 0 Å². The molecule has 4 atom stereocenters. The number of anilines is 1. The Kier molecular flexibility index (Phi) is 14.1. The average molecular weight is 676 g/mol. The lowest BCUT2D eigenvalue weighted by Crippen LogP contribution is -2.53. The highest BCUT2D eigenvalue weighted by Crippen LogP contribution is 2.37. The third kappa shape index (κ3) is 10.4. The van der Waals surface area contributed by atoms with Crippen molar-refractivity contribution in [1.29, 1.82) is 0 Å². The van der Waals surface area contributed by atoms with Gasteiger partial charge in [0.05, 0.1) is 50.8 Å². The fourth-order valence-corrected chi connectivity index (χ4v) is 6.68. The summed E-state index contributed by atoms with van der Waals surface area (Å²) in [4.78, 5) is 17.5. The predicted molar refractivity (Wildman–Crippen MR) is 190 cm³/mol. The van der Waals surface area contributed by atoms with Gasteiger partial charge in [-0.25, -0.2) is 4.79 Å². The average Bonchev–Trinajstić information content (AvgIpc) is 3.13. The SMILES string of the molecule is CCO[C@H](C)COCc1ccc([C@H]2[C@H](CN)CN(C(=O)OCc3ccccc3)C[C@@H]2OCc2ccc3c(c2)N(CCCOC)CCO3)cc1. The lowest BCUT2D eigenvalue weighted by atomic mass is 9.78. The van der Waals surface area contributed by atoms with Crippen molar-refractivity contribution in [2.45, 2.75) is 58.2 Å². The molecule has 0 unspecified atom stereocenters. The summed E-state index contributed by atoms with van der Waals surface area (Å²) in [5.74, 6) is 0.850. The third-order valence-corrected chi connectivity index (χ3v) is 9.19. The zero-order valence-corrected chi connectivity index (χ0v) is 29.3. The number of carbonyl (C=O) groups excluding carboxylic acids is 1. The van der Waals surface area contributed by atoms with Crippen molar-refractivity contribution >= 4 is 11.8 Å². The van der Waals surface area contributed by atoms with Gasteiger partial charge in [0, 0.05) is 39.3 Å². The summed E-state index contributed by atoms with van der Waals surface area (Å²) in [7, 11) is 1.73. The fraction of sp³-hybridized carbons (Fsp3) is 0.513. The first kappa shape index (κ1) is 36.6. The highest BCUT2D eigenvalue weighted by Gasteiger charge is 2.40. The number of ether oxygens (including phenoxy) is 6. The smallest absolute Gasteiger partial charge is 0.410 e. The van der Waals surface area contributed by atoms with Gasteiger partial charge >= 0.3 is 6.09 Å². The number of hydrogen-bond donors (Lipinski definition) is 1. The van der Waals surface area contributed by atoms with Crippen molar-refractivity contribution in [2.24, 2.45) is 11.7 Å². The van der Waals surface area contributed by atoms with Crippen LogP contribution >= 0.6 is 0 Å². The van der Waals surface area contributed by atoms with Crippen molar-refractivity contribution in [3.63, 3.8) is 0 Å². The molecule has 0 radical (unpaired) electrons. The van der Waals surface area contributed by atoms with Crippen LogP contribution in [0, 0.1) is 5.92 Å². The van der Waals surface area contributed by atoms with Crippen LogP contribution < -0.4 is 15.4 Å². The van der Waals surface area contributed by atoms with Crippen LogP contribution in [-0.4, -0.2) is 89.5 Å². The second kappa shape index (κ2) is 18.9. The molecule has 3 aromatic carbocycles. The molecule has 1 amide bonds. The molecule has 1 fully saturated rings. The van der Waals surface area contributed by atoms with Gasteiger partial charge < -0.3 is 44.0 Å². The first-order valence-corrected chi connectivity index (χ1v) is 17.5. The van der Waals surface area contributed by atoms with E-state index in [1.165, 1.54) is 0 Å². The minimum Gasteiger partial charge on any atom is -0.490 e. The molecule has 2 heterocycles. The minimum atomic E-state index is -0.360. The molecule has 0 saturated carbocycles. The molecule has 49 heavy (non-hydrogen) atoms. The molecule has 0 spiro atoms. The van der Waals surface area contributed by atoms with Gasteiger partial charge in [-0.15, -0.1) is 0 Å². The Labute approximate surface area is 291 Å². The number of likely N-dealkylation sites (tertiary alicyclic amines) is 1. The lowest BCUT2D eigenvalue weighted by Gasteiger charge is -2.43. The van der Waals surface area contributed by atoms with Crippen LogP contribution in [0.25, 0.3) is 0 Å². The number of nitrogens with two attached hydrogens (primary N) is 1. The molecule has 5 rings (SSSR count). The van der Waals surface area contributed by atoms with Gasteiger partial charge in [0.25, 0.3) is 0 Å². The molecule has 10 nitrogen and oxygen atoms in total. The molecule has 0 aliphatic carbocycles. The normalized spacial score (nSPS) is 19.6. The van der Waals surface area contributed by atoms with E-state index in [0.29, 0.717) is 59.3 Å². The van der Waals surface area contributed by atoms with Crippen LogP contribution in [0.3, 0.4) is 0 Å². The van der Waals surface area contributed by atoms with Crippen molar-refractivity contribution in [3.05, 3.63) is 95.1 Å². The Morgan fingerprint density at radius 2 is 1.76 bits per heavy atom. The van der Waals surface area contributed by atoms with Crippen LogP contribution in [0.1, 0.15) is 48.4 Å². The van der Waals surface area contributed by atoms with E-state index >= 15 is 0 Å². The predicted octanol–water partition coefficient (Wildman–Crippen LogP) is 5.76. The van der Waals surface area contributed by atoms with Crippen molar-refractivity contribution in [2.75, 3.05) is 71.2 Å². The largest absolute Gasteiger partial charge is 0.490 e. The van der Waals surface area contributed by atoms with Gasteiger partial charge in [-0.1, -0.05) is 60.7 Å². The van der Waals surface area contributed by atoms with Gasteiger partial charge in [-0.2, -0.15) is 0 Å². The van der Waals surface area contributed by atoms with Crippen molar-refractivity contribution < 1.29 is 33.2 Å². The van der Waals surface area contributed by atoms with Crippen molar-refractivity contribution in [3.8, 4) is 5.75 Å². The standard InChI is InChI=1S/C39H53N3O7/c1-4-46-29(2)25-45-26-31-11-14-33(15-12-31)38-34(22-40)23-42(39(43)49-27-30-9-6-5-7-10-30)24-37(38)48-28-32-13-16-36-35(21-32)41(18-20-47-36)17-8-19-44-3/h5-7,9-16,21,29,34,37-38H,4,8,17-20,22-28,40H2,1-3H3/t29-,34-,37+,38+/m1/s1. The molecule has 2 aliphatic rings. The molecule has 266 valence electrons. The Balaban J connectivity index is 1.31. The summed E-state index contributed by atoms with van der Waals surface area (Å²) in [5.41, 5.74) is 11.7. The van der Waals surface area contributed by atoms with E-state index in [1.54, 1.807) is 12.0 Å². The molecular weight excluding hydrogens is 622 g/mol. The quantitative estimate of drug-likeness (QED) is 0.179. The van der Waals surface area contributed by atoms with E-state index in [-0.39, 0.29) is 36.7 Å². The molecule has 0 aromatic heterocycles. The van der Waals surface area contributed by atoms with E-state index in [4.69, 9.17) is 34.2 Å². The number of rotatable bonds is 17. The number of amides is 1. The van der Waals surface area contributed by atoms with Gasteiger partial charge in [0.15, 0.2) is 0 Å². The summed E-state index contributed by atoms with van der Waals surface area (Å²) < 4.78 is 35.2. The summed E-state index contributed by atoms with van der Waals surface area (Å²) >= 11 is 0. The van der Waals surface area contributed by atoms with Gasteiger partial charge in [-0.05, 0) is 67.1 Å². The molecule has 0 bridgehead atoms. The zero-order valence-electron chi connectivity index (χ0n) is 29.3. The van der Waals surface area contributed by atoms with E-state index in [0.717, 1.165) is 53.2 Å².